The molecule has 0 heterocycles. The van der Waals surface area contributed by atoms with Gasteiger partial charge in [0.05, 0.1) is 0 Å². The van der Waals surface area contributed by atoms with Crippen molar-refractivity contribution in [2.45, 2.75) is 58.9 Å². The summed E-state index contributed by atoms with van der Waals surface area (Å²) >= 11 is 0. The van der Waals surface area contributed by atoms with Gasteiger partial charge in [0.2, 0.25) is 0 Å². The van der Waals surface area contributed by atoms with E-state index in [9.17, 15) is 9.90 Å². The van der Waals surface area contributed by atoms with Crippen LogP contribution in [0.15, 0.2) is 12.7 Å². The van der Waals surface area contributed by atoms with Crippen LogP contribution in [0.1, 0.15) is 40.5 Å². The predicted octanol–water partition coefficient (Wildman–Crippen LogP) is 1.84. The highest BCUT2D eigenvalue weighted by Gasteiger charge is 2.39. The fraction of sp³-hybridized carbons (Fsp3) is 0.812. The molecule has 0 amide bonds. The topological polar surface area (TPSA) is 86.3 Å². The Morgan fingerprint density at radius 3 is 2.12 bits per heavy atom. The fourth-order valence-electron chi connectivity index (χ4n) is 2.19. The van der Waals surface area contributed by atoms with Crippen LogP contribution in [0.5, 0.6) is 0 Å². The Morgan fingerprint density at radius 2 is 1.71 bits per heavy atom. The van der Waals surface area contributed by atoms with E-state index in [1.165, 1.54) is 0 Å². The van der Waals surface area contributed by atoms with Crippen LogP contribution in [0.3, 0.4) is 0 Å². The summed E-state index contributed by atoms with van der Waals surface area (Å²) in [5.41, 5.74) is 0. The van der Waals surface area contributed by atoms with E-state index in [-0.39, 0.29) is 0 Å². The quantitative estimate of drug-likeness (QED) is 0.151. The first-order chi connectivity index (χ1) is 11.5. The van der Waals surface area contributed by atoms with Crippen LogP contribution in [-0.2, 0) is 22.8 Å². The van der Waals surface area contributed by atoms with Crippen LogP contribution in [0.25, 0.3) is 0 Å². The summed E-state index contributed by atoms with van der Waals surface area (Å²) < 4.78 is 22.5. The summed E-state index contributed by atoms with van der Waals surface area (Å²) in [6.07, 6.45) is 0.723. The van der Waals surface area contributed by atoms with Crippen molar-refractivity contribution in [2.75, 3.05) is 26.4 Å². The van der Waals surface area contributed by atoms with Crippen LogP contribution < -0.4 is 5.32 Å². The van der Waals surface area contributed by atoms with Gasteiger partial charge in [-0.1, -0.05) is 13.5 Å². The van der Waals surface area contributed by atoms with E-state index in [1.54, 1.807) is 0 Å². The SMILES string of the molecule is C=CC(=O)OC(NCCC[Si](OCC)(OCC)OCC)C(O)CC. The highest BCUT2D eigenvalue weighted by atomic mass is 28.4. The zero-order chi connectivity index (χ0) is 18.4. The number of aliphatic hydroxyl groups excluding tert-OH is 1. The van der Waals surface area contributed by atoms with Crippen molar-refractivity contribution in [3.05, 3.63) is 12.7 Å². The minimum Gasteiger partial charge on any atom is -0.441 e. The molecule has 0 fully saturated rings. The van der Waals surface area contributed by atoms with Crippen molar-refractivity contribution >= 4 is 14.8 Å². The lowest BCUT2D eigenvalue weighted by atomic mass is 10.2. The minimum atomic E-state index is -2.67. The first-order valence-corrected chi connectivity index (χ1v) is 10.6. The van der Waals surface area contributed by atoms with Crippen LogP contribution in [0, 0.1) is 0 Å². The Balaban J connectivity index is 4.54. The summed E-state index contributed by atoms with van der Waals surface area (Å²) in [5.74, 6) is -0.568. The Labute approximate surface area is 146 Å². The number of hydrogen-bond acceptors (Lipinski definition) is 7. The third-order valence-electron chi connectivity index (χ3n) is 3.28. The van der Waals surface area contributed by atoms with Gasteiger partial charge < -0.3 is 23.1 Å². The van der Waals surface area contributed by atoms with E-state index in [1.807, 2.05) is 27.7 Å². The second-order valence-electron chi connectivity index (χ2n) is 5.08. The molecule has 0 aromatic rings. The van der Waals surface area contributed by atoms with Crippen LogP contribution >= 0.6 is 0 Å². The maximum atomic E-state index is 11.3. The maximum Gasteiger partial charge on any atom is 0.500 e. The van der Waals surface area contributed by atoms with Gasteiger partial charge in [-0.2, -0.15) is 0 Å². The molecule has 0 saturated carbocycles. The Hall–Kier alpha value is -0.773. The summed E-state index contributed by atoms with van der Waals surface area (Å²) in [6.45, 7) is 13.1. The zero-order valence-corrected chi connectivity index (χ0v) is 16.4. The van der Waals surface area contributed by atoms with E-state index in [2.05, 4.69) is 11.9 Å². The van der Waals surface area contributed by atoms with Gasteiger partial charge in [-0.05, 0) is 40.2 Å². The normalized spacial score (nSPS) is 14.2. The molecule has 142 valence electrons. The van der Waals surface area contributed by atoms with Crippen molar-refractivity contribution in [3.63, 3.8) is 0 Å². The molecule has 24 heavy (non-hydrogen) atoms. The molecule has 2 N–H and O–H groups in total. The Bertz CT molecular complexity index is 338. The third-order valence-corrected chi connectivity index (χ3v) is 6.43. The van der Waals surface area contributed by atoms with Crippen molar-refractivity contribution in [1.29, 1.82) is 0 Å². The van der Waals surface area contributed by atoms with Crippen molar-refractivity contribution < 1.29 is 27.9 Å². The molecular weight excluding hydrogens is 330 g/mol. The van der Waals surface area contributed by atoms with Gasteiger partial charge in [0.25, 0.3) is 0 Å². The van der Waals surface area contributed by atoms with E-state index < -0.39 is 27.1 Å². The van der Waals surface area contributed by atoms with Gasteiger partial charge >= 0.3 is 14.8 Å². The maximum absolute atomic E-state index is 11.3. The Morgan fingerprint density at radius 1 is 1.17 bits per heavy atom. The van der Waals surface area contributed by atoms with Crippen LogP contribution in [0.4, 0.5) is 0 Å². The monoisotopic (exact) mass is 363 g/mol. The van der Waals surface area contributed by atoms with E-state index in [4.69, 9.17) is 18.0 Å². The van der Waals surface area contributed by atoms with E-state index in [0.717, 1.165) is 6.08 Å². The molecule has 2 atom stereocenters. The second kappa shape index (κ2) is 13.5. The molecule has 0 aromatic carbocycles. The molecule has 8 heteroatoms. The molecule has 0 aliphatic heterocycles. The molecule has 0 spiro atoms. The molecule has 0 saturated heterocycles. The zero-order valence-electron chi connectivity index (χ0n) is 15.4. The standard InChI is InChI=1S/C16H33NO6Si/c1-6-14(18)16(23-15(19)7-2)17-12-11-13-24(20-8-3,21-9-4)22-10-5/h7,14,16-18H,2,6,8-13H2,1,3-5H3. The average Bonchev–Trinajstić information content (AvgIpc) is 2.57. The lowest BCUT2D eigenvalue weighted by molar-refractivity contribution is -0.151. The number of esters is 1. The largest absolute Gasteiger partial charge is 0.500 e. The summed E-state index contributed by atoms with van der Waals surface area (Å²) in [6, 6.07) is 0.653. The molecule has 0 aliphatic carbocycles. The number of hydrogen-bond donors (Lipinski definition) is 2. The lowest BCUT2D eigenvalue weighted by Crippen LogP contribution is -2.47. The smallest absolute Gasteiger partial charge is 0.441 e. The summed E-state index contributed by atoms with van der Waals surface area (Å²) in [5, 5.41) is 13.0. The first kappa shape index (κ1) is 23.2. The molecule has 0 radical (unpaired) electrons. The summed E-state index contributed by atoms with van der Waals surface area (Å²) in [7, 11) is -2.67. The number of carbonyl (C=O) groups is 1. The molecule has 0 rings (SSSR count). The highest BCUT2D eigenvalue weighted by Crippen LogP contribution is 2.18. The van der Waals surface area contributed by atoms with Gasteiger partial charge in [0, 0.05) is 31.9 Å². The number of nitrogens with one attached hydrogen (secondary N) is 1. The lowest BCUT2D eigenvalue weighted by Gasteiger charge is -2.29. The predicted molar refractivity (Wildman–Crippen MR) is 94.4 cm³/mol. The molecule has 0 bridgehead atoms. The van der Waals surface area contributed by atoms with Gasteiger partial charge in [-0.3, -0.25) is 5.32 Å². The van der Waals surface area contributed by atoms with Crippen molar-refractivity contribution in [2.24, 2.45) is 0 Å². The van der Waals surface area contributed by atoms with Gasteiger partial charge in [0.15, 0.2) is 6.23 Å². The molecule has 0 aromatic heterocycles. The first-order valence-electron chi connectivity index (χ1n) is 8.64. The van der Waals surface area contributed by atoms with Gasteiger partial charge in [-0.25, -0.2) is 4.79 Å². The van der Waals surface area contributed by atoms with Gasteiger partial charge in [0.1, 0.15) is 6.10 Å². The third kappa shape index (κ3) is 8.91. The number of ether oxygens (including phenoxy) is 1. The Kier molecular flexibility index (Phi) is 13.1. The van der Waals surface area contributed by atoms with Crippen LogP contribution in [0.2, 0.25) is 6.04 Å². The molecule has 7 nitrogen and oxygen atoms in total. The molecular formula is C16H33NO6Si. The van der Waals surface area contributed by atoms with E-state index in [0.29, 0.717) is 45.3 Å². The number of rotatable bonds is 15. The van der Waals surface area contributed by atoms with E-state index >= 15 is 0 Å². The highest BCUT2D eigenvalue weighted by molar-refractivity contribution is 6.60. The van der Waals surface area contributed by atoms with Crippen molar-refractivity contribution in [1.82, 2.24) is 5.32 Å². The molecule has 2 unspecified atom stereocenters. The average molecular weight is 364 g/mol. The summed E-state index contributed by atoms with van der Waals surface area (Å²) in [4.78, 5) is 11.3. The second-order valence-corrected chi connectivity index (χ2v) is 7.81. The minimum absolute atomic E-state index is 0.470. The number of carbonyl (C=O) groups excluding carboxylic acids is 1. The van der Waals surface area contributed by atoms with Crippen molar-refractivity contribution in [3.8, 4) is 0 Å². The fourth-order valence-corrected chi connectivity index (χ4v) is 4.81. The number of aliphatic hydroxyl groups is 1. The molecule has 0 aliphatic rings. The van der Waals surface area contributed by atoms with Crippen LogP contribution in [-0.4, -0.2) is 58.6 Å². The van der Waals surface area contributed by atoms with Gasteiger partial charge in [-0.15, -0.1) is 0 Å².